The number of rotatable bonds is 2. The van der Waals surface area contributed by atoms with Crippen molar-refractivity contribution in [1.82, 2.24) is 4.98 Å². The van der Waals surface area contributed by atoms with Gasteiger partial charge < -0.3 is 9.84 Å². The molecule has 90 valence electrons. The van der Waals surface area contributed by atoms with E-state index >= 15 is 0 Å². The molecule has 4 nitrogen and oxygen atoms in total. The first kappa shape index (κ1) is 11.0. The lowest BCUT2D eigenvalue weighted by atomic mass is 10.1. The number of thiazole rings is 1. The van der Waals surface area contributed by atoms with Crippen LogP contribution < -0.4 is 4.74 Å². The summed E-state index contributed by atoms with van der Waals surface area (Å²) in [7, 11) is 0. The lowest BCUT2D eigenvalue weighted by Gasteiger charge is -2.16. The van der Waals surface area contributed by atoms with E-state index in [4.69, 9.17) is 9.84 Å². The Morgan fingerprint density at radius 2 is 2.22 bits per heavy atom. The van der Waals surface area contributed by atoms with Gasteiger partial charge in [0.2, 0.25) is 0 Å². The Labute approximate surface area is 107 Å². The van der Waals surface area contributed by atoms with E-state index in [0.29, 0.717) is 11.6 Å². The van der Waals surface area contributed by atoms with Gasteiger partial charge in [0, 0.05) is 16.5 Å². The largest absolute Gasteiger partial charge is 0.488 e. The van der Waals surface area contributed by atoms with Crippen LogP contribution in [0.1, 0.15) is 21.1 Å². The van der Waals surface area contributed by atoms with Crippen LogP contribution in [0, 0.1) is 0 Å². The second-order valence-corrected chi connectivity index (χ2v) is 4.70. The summed E-state index contributed by atoms with van der Waals surface area (Å²) in [4.78, 5) is 14.9. The highest BCUT2D eigenvalue weighted by molar-refractivity contribution is 7.11. The Bertz CT molecular complexity index is 645. The van der Waals surface area contributed by atoms with E-state index in [1.54, 1.807) is 5.38 Å². The summed E-state index contributed by atoms with van der Waals surface area (Å²) in [5, 5.41) is 11.1. The summed E-state index contributed by atoms with van der Waals surface area (Å²) >= 11 is 1.32. The second-order valence-electron chi connectivity index (χ2n) is 3.84. The molecule has 0 fully saturated rings. The first-order valence-electron chi connectivity index (χ1n) is 5.35. The van der Waals surface area contributed by atoms with Gasteiger partial charge in [-0.25, -0.2) is 9.78 Å². The van der Waals surface area contributed by atoms with Crippen LogP contribution in [0.25, 0.3) is 11.6 Å². The molecule has 0 saturated heterocycles. The number of nitrogens with zero attached hydrogens (tertiary/aromatic N) is 1. The molecule has 0 unspecified atom stereocenters. The molecule has 1 aliphatic rings. The molecule has 1 N–H and O–H groups in total. The molecule has 0 aliphatic carbocycles. The van der Waals surface area contributed by atoms with Crippen molar-refractivity contribution in [2.75, 3.05) is 6.61 Å². The number of ether oxygens (including phenoxy) is 1. The van der Waals surface area contributed by atoms with Gasteiger partial charge in [0.25, 0.3) is 0 Å². The van der Waals surface area contributed by atoms with Crippen LogP contribution in [-0.2, 0) is 0 Å². The van der Waals surface area contributed by atoms with E-state index in [-0.39, 0.29) is 5.69 Å². The standard InChI is InChI=1S/C13H9NO3S/c15-13(16)10-7-18-12(14-10)9-5-8-3-1-2-4-11(8)17-6-9/h1-5,7H,6H2,(H,15,16). The molecule has 1 aromatic carbocycles. The number of benzene rings is 1. The molecule has 2 heterocycles. The van der Waals surface area contributed by atoms with Crippen LogP contribution in [0.2, 0.25) is 0 Å². The highest BCUT2D eigenvalue weighted by Gasteiger charge is 2.16. The molecule has 1 aliphatic heterocycles. The normalized spacial score (nSPS) is 13.4. The van der Waals surface area contributed by atoms with Gasteiger partial charge in [-0.2, -0.15) is 0 Å². The van der Waals surface area contributed by atoms with Gasteiger partial charge in [0.15, 0.2) is 5.69 Å². The van der Waals surface area contributed by atoms with Crippen LogP contribution in [0.5, 0.6) is 5.75 Å². The number of fused-ring (bicyclic) bond motifs is 1. The third-order valence-corrected chi connectivity index (χ3v) is 3.55. The van der Waals surface area contributed by atoms with Gasteiger partial charge in [-0.15, -0.1) is 11.3 Å². The Balaban J connectivity index is 1.98. The van der Waals surface area contributed by atoms with E-state index in [0.717, 1.165) is 16.9 Å². The Hall–Kier alpha value is -2.14. The Morgan fingerprint density at radius 3 is 3.00 bits per heavy atom. The third-order valence-electron chi connectivity index (χ3n) is 2.63. The molecule has 0 radical (unpaired) electrons. The van der Waals surface area contributed by atoms with Crippen LogP contribution in [0.3, 0.4) is 0 Å². The second kappa shape index (κ2) is 4.27. The summed E-state index contributed by atoms with van der Waals surface area (Å²) in [5.41, 5.74) is 1.98. The topological polar surface area (TPSA) is 59.4 Å². The van der Waals surface area contributed by atoms with Gasteiger partial charge >= 0.3 is 5.97 Å². The summed E-state index contributed by atoms with van der Waals surface area (Å²) in [6, 6.07) is 7.73. The summed E-state index contributed by atoms with van der Waals surface area (Å²) in [6.07, 6.45) is 1.99. The molecule has 0 atom stereocenters. The maximum atomic E-state index is 10.8. The number of aromatic carboxylic acids is 1. The first-order valence-corrected chi connectivity index (χ1v) is 6.23. The van der Waals surface area contributed by atoms with Gasteiger partial charge in [-0.05, 0) is 12.1 Å². The van der Waals surface area contributed by atoms with Crippen LogP contribution >= 0.6 is 11.3 Å². The van der Waals surface area contributed by atoms with Crippen molar-refractivity contribution in [3.63, 3.8) is 0 Å². The number of para-hydroxylation sites is 1. The van der Waals surface area contributed by atoms with Crippen molar-refractivity contribution in [2.24, 2.45) is 0 Å². The molecule has 1 aromatic heterocycles. The zero-order valence-corrected chi connectivity index (χ0v) is 10.1. The lowest BCUT2D eigenvalue weighted by molar-refractivity contribution is 0.0691. The molecule has 2 aromatic rings. The van der Waals surface area contributed by atoms with Crippen molar-refractivity contribution in [1.29, 1.82) is 0 Å². The number of carboxylic acids is 1. The van der Waals surface area contributed by atoms with E-state index in [1.807, 2.05) is 30.3 Å². The van der Waals surface area contributed by atoms with E-state index in [1.165, 1.54) is 11.3 Å². The van der Waals surface area contributed by atoms with E-state index < -0.39 is 5.97 Å². The predicted molar refractivity (Wildman–Crippen MR) is 68.9 cm³/mol. The predicted octanol–water partition coefficient (Wildman–Crippen LogP) is 2.77. The van der Waals surface area contributed by atoms with Gasteiger partial charge in [0.05, 0.1) is 0 Å². The zero-order chi connectivity index (χ0) is 12.5. The van der Waals surface area contributed by atoms with Crippen molar-refractivity contribution in [2.45, 2.75) is 0 Å². The number of carboxylic acid groups (broad SMARTS) is 1. The van der Waals surface area contributed by atoms with E-state index in [9.17, 15) is 4.79 Å². The average Bonchev–Trinajstić information content (AvgIpc) is 2.88. The number of aromatic nitrogens is 1. The van der Waals surface area contributed by atoms with Crippen molar-refractivity contribution < 1.29 is 14.6 Å². The van der Waals surface area contributed by atoms with Crippen LogP contribution in [0.4, 0.5) is 0 Å². The molecule has 0 saturated carbocycles. The third kappa shape index (κ3) is 1.89. The highest BCUT2D eigenvalue weighted by Crippen LogP contribution is 2.31. The SMILES string of the molecule is O=C(O)c1csc(C2=Cc3ccccc3OC2)n1. The smallest absolute Gasteiger partial charge is 0.355 e. The fourth-order valence-electron chi connectivity index (χ4n) is 1.76. The summed E-state index contributed by atoms with van der Waals surface area (Å²) in [6.45, 7) is 0.420. The maximum absolute atomic E-state index is 10.8. The minimum Gasteiger partial charge on any atom is -0.488 e. The molecule has 0 bridgehead atoms. The molecule has 5 heteroatoms. The van der Waals surface area contributed by atoms with Gasteiger partial charge in [-0.3, -0.25) is 0 Å². The minimum atomic E-state index is -1.00. The Morgan fingerprint density at radius 1 is 1.39 bits per heavy atom. The molecule has 0 spiro atoms. The maximum Gasteiger partial charge on any atom is 0.355 e. The van der Waals surface area contributed by atoms with Crippen LogP contribution in [-0.4, -0.2) is 22.7 Å². The van der Waals surface area contributed by atoms with E-state index in [2.05, 4.69) is 4.98 Å². The van der Waals surface area contributed by atoms with Crippen LogP contribution in [0.15, 0.2) is 29.6 Å². The minimum absolute atomic E-state index is 0.0785. The van der Waals surface area contributed by atoms with Crippen molar-refractivity contribution in [3.05, 3.63) is 45.9 Å². The fourth-order valence-corrected chi connectivity index (χ4v) is 2.56. The molecular formula is C13H9NO3S. The molecular weight excluding hydrogens is 250 g/mol. The average molecular weight is 259 g/mol. The van der Waals surface area contributed by atoms with Crippen molar-refractivity contribution >= 4 is 29.0 Å². The molecule has 0 amide bonds. The lowest BCUT2D eigenvalue weighted by Crippen LogP contribution is -2.06. The zero-order valence-electron chi connectivity index (χ0n) is 9.29. The Kier molecular flexibility index (Phi) is 2.60. The van der Waals surface area contributed by atoms with Gasteiger partial charge in [-0.1, -0.05) is 18.2 Å². The monoisotopic (exact) mass is 259 g/mol. The molecule has 3 rings (SSSR count). The first-order chi connectivity index (χ1) is 8.74. The van der Waals surface area contributed by atoms with Gasteiger partial charge in [0.1, 0.15) is 17.4 Å². The number of carbonyl (C=O) groups is 1. The van der Waals surface area contributed by atoms with Crippen molar-refractivity contribution in [3.8, 4) is 5.75 Å². The number of hydrogen-bond donors (Lipinski definition) is 1. The molecule has 18 heavy (non-hydrogen) atoms. The summed E-state index contributed by atoms with van der Waals surface area (Å²) < 4.78 is 5.61. The highest BCUT2D eigenvalue weighted by atomic mass is 32.1. The fraction of sp³-hybridized carbons (Fsp3) is 0.0769. The number of hydrogen-bond acceptors (Lipinski definition) is 4. The quantitative estimate of drug-likeness (QED) is 0.900. The summed E-state index contributed by atoms with van der Waals surface area (Å²) in [5.74, 6) is -0.161.